The summed E-state index contributed by atoms with van der Waals surface area (Å²) in [5.74, 6) is 1.02. The molecule has 1 atom stereocenters. The van der Waals surface area contributed by atoms with Gasteiger partial charge < -0.3 is 14.6 Å². The van der Waals surface area contributed by atoms with E-state index >= 15 is 0 Å². The number of benzene rings is 1. The number of rotatable bonds is 4. The van der Waals surface area contributed by atoms with Gasteiger partial charge in [0.15, 0.2) is 0 Å². The van der Waals surface area contributed by atoms with Crippen LogP contribution in [0.15, 0.2) is 30.7 Å². The monoisotopic (exact) mass is 271 g/mol. The van der Waals surface area contributed by atoms with Crippen molar-refractivity contribution >= 4 is 0 Å². The van der Waals surface area contributed by atoms with Gasteiger partial charge in [-0.2, -0.15) is 0 Å². The zero-order valence-corrected chi connectivity index (χ0v) is 12.1. The number of imidazole rings is 1. The van der Waals surface area contributed by atoms with Crippen LogP contribution in [0.2, 0.25) is 0 Å². The normalized spacial score (nSPS) is 17.8. The third-order valence-electron chi connectivity index (χ3n) is 4.10. The van der Waals surface area contributed by atoms with Crippen LogP contribution < -0.4 is 10.1 Å². The number of aromatic nitrogens is 2. The molecular formula is C16H21N3O. The minimum atomic E-state index is 0.457. The minimum Gasteiger partial charge on any atom is -0.487 e. The molecular weight excluding hydrogens is 250 g/mol. The van der Waals surface area contributed by atoms with E-state index in [1.54, 1.807) is 6.33 Å². The molecule has 4 nitrogen and oxygen atoms in total. The Morgan fingerprint density at radius 1 is 1.45 bits per heavy atom. The molecule has 0 saturated carbocycles. The summed E-state index contributed by atoms with van der Waals surface area (Å²) in [5.41, 5.74) is 3.84. The zero-order chi connectivity index (χ0) is 13.9. The van der Waals surface area contributed by atoms with Crippen molar-refractivity contribution in [2.45, 2.75) is 31.9 Å². The lowest BCUT2D eigenvalue weighted by molar-refractivity contribution is 0.291. The van der Waals surface area contributed by atoms with E-state index in [0.717, 1.165) is 17.9 Å². The van der Waals surface area contributed by atoms with Gasteiger partial charge in [-0.25, -0.2) is 4.98 Å². The van der Waals surface area contributed by atoms with Crippen molar-refractivity contribution in [1.29, 1.82) is 0 Å². The predicted molar refractivity (Wildman–Crippen MR) is 78.7 cm³/mol. The first-order valence-corrected chi connectivity index (χ1v) is 7.16. The van der Waals surface area contributed by atoms with Crippen LogP contribution >= 0.6 is 0 Å². The Kier molecular flexibility index (Phi) is 3.74. The molecule has 1 aromatic carbocycles. The molecule has 1 aliphatic carbocycles. The second-order valence-electron chi connectivity index (χ2n) is 5.34. The maximum atomic E-state index is 6.03. The smallest absolute Gasteiger partial charge is 0.130 e. The number of hydrogen-bond donors (Lipinski definition) is 1. The molecule has 0 amide bonds. The summed E-state index contributed by atoms with van der Waals surface area (Å²) in [6.45, 7) is 0.567. The fraction of sp³-hybridized carbons (Fsp3) is 0.438. The Labute approximate surface area is 119 Å². The highest BCUT2D eigenvalue weighted by molar-refractivity contribution is 5.43. The number of nitrogens with zero attached hydrogens (tertiary/aromatic N) is 2. The van der Waals surface area contributed by atoms with Crippen LogP contribution in [0.25, 0.3) is 0 Å². The van der Waals surface area contributed by atoms with Crippen molar-refractivity contribution in [2.75, 3.05) is 7.05 Å². The van der Waals surface area contributed by atoms with Crippen molar-refractivity contribution in [2.24, 2.45) is 7.05 Å². The van der Waals surface area contributed by atoms with Gasteiger partial charge >= 0.3 is 0 Å². The first-order chi connectivity index (χ1) is 9.79. The first-order valence-electron chi connectivity index (χ1n) is 7.16. The van der Waals surface area contributed by atoms with E-state index in [-0.39, 0.29) is 0 Å². The van der Waals surface area contributed by atoms with Crippen molar-refractivity contribution < 1.29 is 4.74 Å². The third kappa shape index (κ3) is 2.43. The Morgan fingerprint density at radius 3 is 3.10 bits per heavy atom. The summed E-state index contributed by atoms with van der Waals surface area (Å²) >= 11 is 0. The molecule has 2 aromatic rings. The van der Waals surface area contributed by atoms with E-state index in [1.165, 1.54) is 24.0 Å². The van der Waals surface area contributed by atoms with Gasteiger partial charge in [0, 0.05) is 13.1 Å². The molecule has 1 unspecified atom stereocenters. The van der Waals surface area contributed by atoms with Gasteiger partial charge in [-0.3, -0.25) is 0 Å². The summed E-state index contributed by atoms with van der Waals surface area (Å²) in [6.07, 6.45) is 7.18. The molecule has 1 N–H and O–H groups in total. The van der Waals surface area contributed by atoms with Gasteiger partial charge in [0.25, 0.3) is 0 Å². The summed E-state index contributed by atoms with van der Waals surface area (Å²) in [7, 11) is 4.02. The average Bonchev–Trinajstić information content (AvgIpc) is 2.89. The molecule has 0 fully saturated rings. The predicted octanol–water partition coefficient (Wildman–Crippen LogP) is 2.60. The molecule has 0 radical (unpaired) electrons. The molecule has 4 heteroatoms. The van der Waals surface area contributed by atoms with Crippen LogP contribution in [0.1, 0.15) is 35.7 Å². The van der Waals surface area contributed by atoms with E-state index in [2.05, 4.69) is 28.5 Å². The molecule has 1 aliphatic rings. The Bertz CT molecular complexity index is 591. The number of aryl methyl sites for hydroxylation is 1. The fourth-order valence-corrected chi connectivity index (χ4v) is 2.93. The van der Waals surface area contributed by atoms with Crippen LogP contribution in [-0.4, -0.2) is 16.6 Å². The maximum Gasteiger partial charge on any atom is 0.130 e. The summed E-state index contributed by atoms with van der Waals surface area (Å²) in [6, 6.07) is 6.84. The molecule has 3 rings (SSSR count). The highest BCUT2D eigenvalue weighted by Gasteiger charge is 2.21. The second-order valence-corrected chi connectivity index (χ2v) is 5.34. The van der Waals surface area contributed by atoms with Crippen molar-refractivity contribution in [1.82, 2.24) is 14.9 Å². The van der Waals surface area contributed by atoms with E-state index in [1.807, 2.05) is 24.9 Å². The zero-order valence-electron chi connectivity index (χ0n) is 12.1. The van der Waals surface area contributed by atoms with Gasteiger partial charge in [-0.1, -0.05) is 12.1 Å². The van der Waals surface area contributed by atoms with Gasteiger partial charge in [-0.15, -0.1) is 0 Å². The van der Waals surface area contributed by atoms with Gasteiger partial charge in [-0.05, 0) is 43.5 Å². The second kappa shape index (κ2) is 5.67. The topological polar surface area (TPSA) is 39.1 Å². The number of ether oxygens (including phenoxy) is 1. The molecule has 0 aliphatic heterocycles. The molecule has 0 bridgehead atoms. The summed E-state index contributed by atoms with van der Waals surface area (Å²) < 4.78 is 8.03. The first kappa shape index (κ1) is 13.2. The summed E-state index contributed by atoms with van der Waals surface area (Å²) in [5, 5.41) is 3.40. The number of nitrogens with one attached hydrogen (secondary N) is 1. The van der Waals surface area contributed by atoms with Crippen LogP contribution in [0.3, 0.4) is 0 Å². The largest absolute Gasteiger partial charge is 0.487 e. The van der Waals surface area contributed by atoms with Crippen LogP contribution in [-0.2, 0) is 20.1 Å². The molecule has 20 heavy (non-hydrogen) atoms. The average molecular weight is 271 g/mol. The lowest BCUT2D eigenvalue weighted by atomic mass is 9.87. The highest BCUT2D eigenvalue weighted by Crippen LogP contribution is 2.35. The molecule has 1 heterocycles. The minimum absolute atomic E-state index is 0.457. The fourth-order valence-electron chi connectivity index (χ4n) is 2.93. The van der Waals surface area contributed by atoms with E-state index in [4.69, 9.17) is 4.74 Å². The van der Waals surface area contributed by atoms with E-state index < -0.39 is 0 Å². The van der Waals surface area contributed by atoms with Crippen molar-refractivity contribution in [3.63, 3.8) is 0 Å². The summed E-state index contributed by atoms with van der Waals surface area (Å²) in [4.78, 5) is 4.12. The molecule has 0 spiro atoms. The van der Waals surface area contributed by atoms with Gasteiger partial charge in [0.2, 0.25) is 0 Å². The molecule has 106 valence electrons. The number of fused-ring (bicyclic) bond motifs is 1. The quantitative estimate of drug-likeness (QED) is 0.929. The van der Waals surface area contributed by atoms with Crippen LogP contribution in [0.4, 0.5) is 0 Å². The van der Waals surface area contributed by atoms with Gasteiger partial charge in [0.05, 0.1) is 18.2 Å². The lowest BCUT2D eigenvalue weighted by Gasteiger charge is -2.26. The maximum absolute atomic E-state index is 6.03. The lowest BCUT2D eigenvalue weighted by Crippen LogP contribution is -2.22. The SMILES string of the molecule is CNC1CCCc2c(OCc3cncn3C)cccc21. The van der Waals surface area contributed by atoms with Crippen molar-refractivity contribution in [3.05, 3.63) is 47.5 Å². The van der Waals surface area contributed by atoms with E-state index in [0.29, 0.717) is 12.6 Å². The van der Waals surface area contributed by atoms with E-state index in [9.17, 15) is 0 Å². The third-order valence-corrected chi connectivity index (χ3v) is 4.10. The highest BCUT2D eigenvalue weighted by atomic mass is 16.5. The molecule has 0 saturated heterocycles. The standard InChI is InChI=1S/C16H21N3O/c1-17-15-7-3-6-14-13(15)5-4-8-16(14)20-10-12-9-18-11-19(12)2/h4-5,8-9,11,15,17H,3,6-7,10H2,1-2H3. The van der Waals surface area contributed by atoms with Crippen LogP contribution in [0.5, 0.6) is 5.75 Å². The Morgan fingerprint density at radius 2 is 2.35 bits per heavy atom. The van der Waals surface area contributed by atoms with Gasteiger partial charge in [0.1, 0.15) is 12.4 Å². The Balaban J connectivity index is 1.82. The van der Waals surface area contributed by atoms with Crippen molar-refractivity contribution in [3.8, 4) is 5.75 Å². The van der Waals surface area contributed by atoms with Crippen LogP contribution in [0, 0.1) is 0 Å². The molecule has 1 aromatic heterocycles. The Hall–Kier alpha value is -1.81. The number of hydrogen-bond acceptors (Lipinski definition) is 3.